The van der Waals surface area contributed by atoms with Crippen molar-refractivity contribution in [2.75, 3.05) is 37.7 Å². The van der Waals surface area contributed by atoms with Crippen LogP contribution in [0.3, 0.4) is 0 Å². The molecule has 0 unspecified atom stereocenters. The molecule has 0 radical (unpaired) electrons. The summed E-state index contributed by atoms with van der Waals surface area (Å²) in [4.78, 5) is 25.4. The minimum atomic E-state index is -0.272. The Bertz CT molecular complexity index is 1020. The molecule has 4 heterocycles. The molecule has 2 saturated heterocycles. The zero-order valence-corrected chi connectivity index (χ0v) is 16.5. The Morgan fingerprint density at radius 1 is 1.10 bits per heavy atom. The van der Waals surface area contributed by atoms with E-state index in [9.17, 15) is 4.79 Å². The highest BCUT2D eigenvalue weighted by atomic mass is 35.5. The zero-order valence-electron chi connectivity index (χ0n) is 15.7. The molecule has 1 atom stereocenters. The molecule has 0 aliphatic carbocycles. The van der Waals surface area contributed by atoms with Crippen molar-refractivity contribution in [2.24, 2.45) is 0 Å². The van der Waals surface area contributed by atoms with Gasteiger partial charge in [0.1, 0.15) is 12.4 Å². The number of anilines is 1. The molecular weight excluding hydrogens is 394 g/mol. The number of halogens is 1. The van der Waals surface area contributed by atoms with E-state index in [1.807, 2.05) is 17.0 Å². The molecule has 0 saturated carbocycles. The second-order valence-corrected chi connectivity index (χ2v) is 7.60. The lowest BCUT2D eigenvalue weighted by molar-refractivity contribution is -0.141. The number of fused-ring (bicyclic) bond motifs is 1. The lowest BCUT2D eigenvalue weighted by Gasteiger charge is -2.36. The highest BCUT2D eigenvalue weighted by Gasteiger charge is 2.31. The van der Waals surface area contributed by atoms with Gasteiger partial charge in [-0.15, -0.1) is 5.10 Å². The van der Waals surface area contributed by atoms with Crippen LogP contribution < -0.4 is 4.90 Å². The SMILES string of the molecule is O=C([C@H]1CCCO1)N1CCN(c2ncnc3c2nnn3-c2ccc(Cl)cc2)CC1. The van der Waals surface area contributed by atoms with Crippen LogP contribution in [-0.2, 0) is 9.53 Å². The Morgan fingerprint density at radius 3 is 2.62 bits per heavy atom. The molecule has 150 valence electrons. The quantitative estimate of drug-likeness (QED) is 0.645. The van der Waals surface area contributed by atoms with E-state index >= 15 is 0 Å². The summed E-state index contributed by atoms with van der Waals surface area (Å²) in [6, 6.07) is 7.34. The first kappa shape index (κ1) is 18.3. The van der Waals surface area contributed by atoms with Crippen molar-refractivity contribution in [3.63, 3.8) is 0 Å². The first-order chi connectivity index (χ1) is 14.2. The van der Waals surface area contributed by atoms with Crippen molar-refractivity contribution < 1.29 is 9.53 Å². The molecule has 29 heavy (non-hydrogen) atoms. The van der Waals surface area contributed by atoms with Crippen molar-refractivity contribution in [2.45, 2.75) is 18.9 Å². The molecule has 9 nitrogen and oxygen atoms in total. The maximum absolute atomic E-state index is 12.6. The van der Waals surface area contributed by atoms with E-state index in [1.165, 1.54) is 6.33 Å². The molecule has 2 aliphatic heterocycles. The van der Waals surface area contributed by atoms with E-state index < -0.39 is 0 Å². The number of piperazine rings is 1. The number of carbonyl (C=O) groups is 1. The minimum absolute atomic E-state index is 0.101. The standard InChI is InChI=1S/C19H20ClN7O2/c20-13-3-5-14(6-4-13)27-18-16(23-24-27)17(21-12-22-18)25-7-9-26(10-8-25)19(28)15-2-1-11-29-15/h3-6,12,15H,1-2,7-11H2/t15-/m1/s1. The molecule has 1 amide bonds. The molecule has 0 N–H and O–H groups in total. The van der Waals surface area contributed by atoms with Crippen molar-refractivity contribution in [1.29, 1.82) is 0 Å². The van der Waals surface area contributed by atoms with Crippen LogP contribution in [0.25, 0.3) is 16.9 Å². The van der Waals surface area contributed by atoms with Gasteiger partial charge in [0, 0.05) is 37.8 Å². The lowest BCUT2D eigenvalue weighted by atomic mass is 10.2. The minimum Gasteiger partial charge on any atom is -0.368 e. The zero-order chi connectivity index (χ0) is 19.8. The summed E-state index contributed by atoms with van der Waals surface area (Å²) in [5.74, 6) is 0.836. The third kappa shape index (κ3) is 3.40. The Balaban J connectivity index is 1.36. The first-order valence-electron chi connectivity index (χ1n) is 9.68. The lowest BCUT2D eigenvalue weighted by Crippen LogP contribution is -2.51. The van der Waals surface area contributed by atoms with Gasteiger partial charge in [-0.05, 0) is 37.1 Å². The Morgan fingerprint density at radius 2 is 1.90 bits per heavy atom. The van der Waals surface area contributed by atoms with Gasteiger partial charge in [0.2, 0.25) is 0 Å². The Labute approximate surface area is 172 Å². The predicted octanol–water partition coefficient (Wildman–Crippen LogP) is 1.69. The normalized spacial score (nSPS) is 19.8. The highest BCUT2D eigenvalue weighted by molar-refractivity contribution is 6.30. The van der Waals surface area contributed by atoms with E-state index in [-0.39, 0.29) is 12.0 Å². The topological polar surface area (TPSA) is 89.3 Å². The molecule has 5 rings (SSSR count). The van der Waals surface area contributed by atoms with Crippen LogP contribution in [0.5, 0.6) is 0 Å². The monoisotopic (exact) mass is 413 g/mol. The van der Waals surface area contributed by atoms with E-state index in [4.69, 9.17) is 16.3 Å². The average Bonchev–Trinajstić information content (AvgIpc) is 3.44. The first-order valence-corrected chi connectivity index (χ1v) is 10.1. The van der Waals surface area contributed by atoms with Crippen molar-refractivity contribution in [3.8, 4) is 5.69 Å². The Kier molecular flexibility index (Phi) is 4.76. The third-order valence-corrected chi connectivity index (χ3v) is 5.64. The number of hydrogen-bond acceptors (Lipinski definition) is 7. The predicted molar refractivity (Wildman–Crippen MR) is 107 cm³/mol. The summed E-state index contributed by atoms with van der Waals surface area (Å²) in [6.07, 6.45) is 3.03. The number of ether oxygens (including phenoxy) is 1. The Hall–Kier alpha value is -2.78. The van der Waals surface area contributed by atoms with E-state index in [2.05, 4.69) is 25.2 Å². The summed E-state index contributed by atoms with van der Waals surface area (Å²) >= 11 is 5.98. The second kappa shape index (κ2) is 7.57. The van der Waals surface area contributed by atoms with E-state index in [1.54, 1.807) is 16.8 Å². The number of benzene rings is 1. The number of carbonyl (C=O) groups excluding carboxylic acids is 1. The summed E-state index contributed by atoms with van der Waals surface area (Å²) in [7, 11) is 0. The maximum Gasteiger partial charge on any atom is 0.251 e. The van der Waals surface area contributed by atoms with Crippen molar-refractivity contribution >= 4 is 34.5 Å². The molecule has 10 heteroatoms. The van der Waals surface area contributed by atoms with Crippen LogP contribution in [0.1, 0.15) is 12.8 Å². The van der Waals surface area contributed by atoms with E-state index in [0.29, 0.717) is 49.0 Å². The largest absolute Gasteiger partial charge is 0.368 e. The van der Waals surface area contributed by atoms with Gasteiger partial charge < -0.3 is 14.5 Å². The van der Waals surface area contributed by atoms with Crippen LogP contribution in [-0.4, -0.2) is 74.7 Å². The average molecular weight is 414 g/mol. The van der Waals surface area contributed by atoms with E-state index in [0.717, 1.165) is 24.3 Å². The highest BCUT2D eigenvalue weighted by Crippen LogP contribution is 2.24. The fraction of sp³-hybridized carbons (Fsp3) is 0.421. The summed E-state index contributed by atoms with van der Waals surface area (Å²) in [5, 5.41) is 9.24. The van der Waals surface area contributed by atoms with Crippen molar-refractivity contribution in [3.05, 3.63) is 35.6 Å². The van der Waals surface area contributed by atoms with Crippen LogP contribution in [0, 0.1) is 0 Å². The molecule has 0 spiro atoms. The number of rotatable bonds is 3. The smallest absolute Gasteiger partial charge is 0.251 e. The van der Waals surface area contributed by atoms with Gasteiger partial charge in [0.15, 0.2) is 17.0 Å². The van der Waals surface area contributed by atoms with Gasteiger partial charge in [-0.25, -0.2) is 9.97 Å². The summed E-state index contributed by atoms with van der Waals surface area (Å²) in [5.41, 5.74) is 2.10. The summed E-state index contributed by atoms with van der Waals surface area (Å²) in [6.45, 7) is 3.31. The number of aromatic nitrogens is 5. The molecule has 0 bridgehead atoms. The number of hydrogen-bond donors (Lipinski definition) is 0. The van der Waals surface area contributed by atoms with Gasteiger partial charge >= 0.3 is 0 Å². The van der Waals surface area contributed by atoms with Gasteiger partial charge in [0.25, 0.3) is 5.91 Å². The van der Waals surface area contributed by atoms with Crippen LogP contribution in [0.4, 0.5) is 5.82 Å². The second-order valence-electron chi connectivity index (χ2n) is 7.16. The van der Waals surface area contributed by atoms with Crippen LogP contribution in [0.15, 0.2) is 30.6 Å². The third-order valence-electron chi connectivity index (χ3n) is 5.39. The molecule has 2 aromatic heterocycles. The molecular formula is C19H20ClN7O2. The maximum atomic E-state index is 12.6. The van der Waals surface area contributed by atoms with Crippen molar-refractivity contribution in [1.82, 2.24) is 29.9 Å². The fourth-order valence-corrected chi connectivity index (χ4v) is 3.97. The molecule has 1 aromatic carbocycles. The van der Waals surface area contributed by atoms with Gasteiger partial charge in [-0.1, -0.05) is 16.8 Å². The number of nitrogens with zero attached hydrogens (tertiary/aromatic N) is 7. The van der Waals surface area contributed by atoms with Gasteiger partial charge in [-0.3, -0.25) is 4.79 Å². The molecule has 3 aromatic rings. The van der Waals surface area contributed by atoms with Gasteiger partial charge in [0.05, 0.1) is 5.69 Å². The molecule has 2 aliphatic rings. The fourth-order valence-electron chi connectivity index (χ4n) is 3.84. The summed E-state index contributed by atoms with van der Waals surface area (Å²) < 4.78 is 7.21. The van der Waals surface area contributed by atoms with Crippen LogP contribution >= 0.6 is 11.6 Å². The van der Waals surface area contributed by atoms with Gasteiger partial charge in [-0.2, -0.15) is 4.68 Å². The van der Waals surface area contributed by atoms with Crippen LogP contribution in [0.2, 0.25) is 5.02 Å². The molecule has 2 fully saturated rings. The number of amides is 1.